The number of fused-ring (bicyclic) bond motifs is 1. The molecule has 0 spiro atoms. The molecule has 0 saturated carbocycles. The van der Waals surface area contributed by atoms with Crippen LogP contribution in [-0.2, 0) is 0 Å². The molecule has 1 heterocycles. The summed E-state index contributed by atoms with van der Waals surface area (Å²) in [6, 6.07) is 15.7. The van der Waals surface area contributed by atoms with Gasteiger partial charge in [-0.2, -0.15) is 0 Å². The van der Waals surface area contributed by atoms with Gasteiger partial charge >= 0.3 is 0 Å². The van der Waals surface area contributed by atoms with Crippen molar-refractivity contribution in [2.75, 3.05) is 30.1 Å². The Morgan fingerprint density at radius 2 is 1.95 bits per heavy atom. The molecular formula is C17H20N2S. The van der Waals surface area contributed by atoms with Gasteiger partial charge in [-0.3, -0.25) is 0 Å². The van der Waals surface area contributed by atoms with Crippen molar-refractivity contribution in [2.45, 2.75) is 17.9 Å². The molecule has 104 valence electrons. The SMILES string of the molecule is Cc1ccc(NC2CSc3ccccc32)cc1N(C)C. The Labute approximate surface area is 125 Å². The van der Waals surface area contributed by atoms with Crippen LogP contribution >= 0.6 is 11.8 Å². The van der Waals surface area contributed by atoms with Crippen molar-refractivity contribution in [1.29, 1.82) is 0 Å². The second kappa shape index (κ2) is 5.41. The third kappa shape index (κ3) is 2.50. The van der Waals surface area contributed by atoms with Crippen molar-refractivity contribution in [3.63, 3.8) is 0 Å². The zero-order chi connectivity index (χ0) is 14.1. The summed E-state index contributed by atoms with van der Waals surface area (Å²) >= 11 is 1.94. The molecule has 1 N–H and O–H groups in total. The fourth-order valence-electron chi connectivity index (χ4n) is 2.66. The van der Waals surface area contributed by atoms with E-state index in [-0.39, 0.29) is 0 Å². The van der Waals surface area contributed by atoms with E-state index >= 15 is 0 Å². The molecule has 2 nitrogen and oxygen atoms in total. The second-order valence-electron chi connectivity index (χ2n) is 5.44. The first kappa shape index (κ1) is 13.4. The van der Waals surface area contributed by atoms with Gasteiger partial charge in [0.25, 0.3) is 0 Å². The third-order valence-electron chi connectivity index (χ3n) is 3.73. The van der Waals surface area contributed by atoms with E-state index in [2.05, 4.69) is 73.7 Å². The molecule has 3 rings (SSSR count). The molecular weight excluding hydrogens is 264 g/mol. The Bertz CT molecular complexity index is 622. The summed E-state index contributed by atoms with van der Waals surface area (Å²) in [5.74, 6) is 1.10. The predicted octanol–water partition coefficient (Wildman–Crippen LogP) is 4.32. The minimum Gasteiger partial charge on any atom is -0.377 e. The molecule has 0 saturated heterocycles. The van der Waals surface area contributed by atoms with Crippen molar-refractivity contribution in [3.8, 4) is 0 Å². The van der Waals surface area contributed by atoms with Crippen LogP contribution in [0.3, 0.4) is 0 Å². The fourth-order valence-corrected chi connectivity index (χ4v) is 3.83. The van der Waals surface area contributed by atoms with Gasteiger partial charge in [-0.25, -0.2) is 0 Å². The monoisotopic (exact) mass is 284 g/mol. The highest BCUT2D eigenvalue weighted by Gasteiger charge is 2.22. The molecule has 1 aliphatic rings. The summed E-state index contributed by atoms with van der Waals surface area (Å²) in [6.45, 7) is 2.15. The largest absolute Gasteiger partial charge is 0.377 e. The van der Waals surface area contributed by atoms with Crippen LogP contribution in [0.4, 0.5) is 11.4 Å². The van der Waals surface area contributed by atoms with Crippen molar-refractivity contribution in [2.24, 2.45) is 0 Å². The van der Waals surface area contributed by atoms with E-state index in [4.69, 9.17) is 0 Å². The van der Waals surface area contributed by atoms with Gasteiger partial charge in [0, 0.05) is 36.1 Å². The normalized spacial score (nSPS) is 16.9. The Kier molecular flexibility index (Phi) is 3.62. The lowest BCUT2D eigenvalue weighted by Gasteiger charge is -2.20. The molecule has 1 aliphatic heterocycles. The second-order valence-corrected chi connectivity index (χ2v) is 6.50. The molecule has 2 aromatic rings. The first-order valence-electron chi connectivity index (χ1n) is 6.91. The Balaban J connectivity index is 1.84. The highest BCUT2D eigenvalue weighted by atomic mass is 32.2. The minimum absolute atomic E-state index is 0.411. The van der Waals surface area contributed by atoms with Gasteiger partial charge in [0.15, 0.2) is 0 Å². The van der Waals surface area contributed by atoms with Gasteiger partial charge in [0.05, 0.1) is 6.04 Å². The number of aryl methyl sites for hydroxylation is 1. The number of thioether (sulfide) groups is 1. The summed E-state index contributed by atoms with van der Waals surface area (Å²) in [6.07, 6.45) is 0. The van der Waals surface area contributed by atoms with Crippen LogP contribution in [0.15, 0.2) is 47.4 Å². The fraction of sp³-hybridized carbons (Fsp3) is 0.294. The highest BCUT2D eigenvalue weighted by molar-refractivity contribution is 7.99. The molecule has 1 atom stereocenters. The lowest BCUT2D eigenvalue weighted by atomic mass is 10.1. The molecule has 2 aromatic carbocycles. The first-order valence-corrected chi connectivity index (χ1v) is 7.90. The van der Waals surface area contributed by atoms with Gasteiger partial charge in [0.2, 0.25) is 0 Å². The van der Waals surface area contributed by atoms with E-state index in [1.807, 2.05) is 11.8 Å². The van der Waals surface area contributed by atoms with Gasteiger partial charge < -0.3 is 10.2 Å². The van der Waals surface area contributed by atoms with Crippen LogP contribution < -0.4 is 10.2 Å². The maximum atomic E-state index is 3.67. The molecule has 0 radical (unpaired) electrons. The summed E-state index contributed by atoms with van der Waals surface area (Å²) in [4.78, 5) is 3.57. The first-order chi connectivity index (χ1) is 9.65. The lowest BCUT2D eigenvalue weighted by molar-refractivity contribution is 0.899. The molecule has 0 aliphatic carbocycles. The molecule has 0 bridgehead atoms. The summed E-state index contributed by atoms with van der Waals surface area (Å²) in [5.41, 5.74) is 5.20. The standard InChI is InChI=1S/C17H20N2S/c1-12-8-9-13(10-16(12)19(2)3)18-15-11-20-17-7-5-4-6-14(15)17/h4-10,15,18H,11H2,1-3H3. The number of rotatable bonds is 3. The number of anilines is 2. The van der Waals surface area contributed by atoms with E-state index < -0.39 is 0 Å². The average Bonchev–Trinajstić information content (AvgIpc) is 2.84. The zero-order valence-electron chi connectivity index (χ0n) is 12.2. The van der Waals surface area contributed by atoms with Gasteiger partial charge in [-0.05, 0) is 36.2 Å². The summed E-state index contributed by atoms with van der Waals surface area (Å²) in [5, 5.41) is 3.67. The van der Waals surface area contributed by atoms with Crippen LogP contribution in [0.5, 0.6) is 0 Å². The van der Waals surface area contributed by atoms with Crippen molar-refractivity contribution in [3.05, 3.63) is 53.6 Å². The van der Waals surface area contributed by atoms with Crippen molar-refractivity contribution < 1.29 is 0 Å². The number of nitrogens with zero attached hydrogens (tertiary/aromatic N) is 1. The zero-order valence-corrected chi connectivity index (χ0v) is 13.0. The number of nitrogens with one attached hydrogen (secondary N) is 1. The maximum absolute atomic E-state index is 3.67. The van der Waals surface area contributed by atoms with E-state index in [1.54, 1.807) is 0 Å². The Hall–Kier alpha value is -1.61. The minimum atomic E-state index is 0.411. The quantitative estimate of drug-likeness (QED) is 0.903. The van der Waals surface area contributed by atoms with Crippen LogP contribution in [-0.4, -0.2) is 19.8 Å². The molecule has 20 heavy (non-hydrogen) atoms. The third-order valence-corrected chi connectivity index (χ3v) is 4.91. The topological polar surface area (TPSA) is 15.3 Å². The van der Waals surface area contributed by atoms with Crippen LogP contribution in [0.2, 0.25) is 0 Å². The van der Waals surface area contributed by atoms with E-state index in [0.29, 0.717) is 6.04 Å². The smallest absolute Gasteiger partial charge is 0.0618 e. The highest BCUT2D eigenvalue weighted by Crippen LogP contribution is 2.39. The van der Waals surface area contributed by atoms with Gasteiger partial charge in [-0.15, -0.1) is 11.8 Å². The predicted molar refractivity (Wildman–Crippen MR) is 89.0 cm³/mol. The van der Waals surface area contributed by atoms with Gasteiger partial charge in [-0.1, -0.05) is 24.3 Å². The van der Waals surface area contributed by atoms with Gasteiger partial charge in [0.1, 0.15) is 0 Å². The lowest BCUT2D eigenvalue weighted by Crippen LogP contribution is -2.13. The van der Waals surface area contributed by atoms with Crippen LogP contribution in [0, 0.1) is 6.92 Å². The number of benzene rings is 2. The molecule has 0 aromatic heterocycles. The Morgan fingerprint density at radius 3 is 2.75 bits per heavy atom. The van der Waals surface area contributed by atoms with Crippen LogP contribution in [0.1, 0.15) is 17.2 Å². The molecule has 0 fully saturated rings. The molecule has 3 heteroatoms. The van der Waals surface area contributed by atoms with E-state index in [0.717, 1.165) is 5.75 Å². The summed E-state index contributed by atoms with van der Waals surface area (Å²) < 4.78 is 0. The maximum Gasteiger partial charge on any atom is 0.0618 e. The van der Waals surface area contributed by atoms with E-state index in [9.17, 15) is 0 Å². The Morgan fingerprint density at radius 1 is 1.15 bits per heavy atom. The average molecular weight is 284 g/mol. The van der Waals surface area contributed by atoms with Crippen molar-refractivity contribution in [1.82, 2.24) is 0 Å². The number of hydrogen-bond acceptors (Lipinski definition) is 3. The van der Waals surface area contributed by atoms with E-state index in [1.165, 1.54) is 27.4 Å². The number of hydrogen-bond donors (Lipinski definition) is 1. The summed E-state index contributed by atoms with van der Waals surface area (Å²) in [7, 11) is 4.18. The van der Waals surface area contributed by atoms with Crippen molar-refractivity contribution >= 4 is 23.1 Å². The van der Waals surface area contributed by atoms with Crippen LogP contribution in [0.25, 0.3) is 0 Å². The molecule has 1 unspecified atom stereocenters. The molecule has 0 amide bonds.